The molecule has 0 unspecified atom stereocenters. The predicted molar refractivity (Wildman–Crippen MR) is 102 cm³/mol. The van der Waals surface area contributed by atoms with Crippen molar-refractivity contribution in [3.63, 3.8) is 0 Å². The molecule has 0 bridgehead atoms. The summed E-state index contributed by atoms with van der Waals surface area (Å²) in [6, 6.07) is 4.88. The summed E-state index contributed by atoms with van der Waals surface area (Å²) in [5.74, 6) is 0.550. The van der Waals surface area contributed by atoms with Gasteiger partial charge >= 0.3 is 6.03 Å². The fourth-order valence-corrected chi connectivity index (χ4v) is 3.45. The van der Waals surface area contributed by atoms with E-state index in [1.807, 2.05) is 6.07 Å². The number of rotatable bonds is 9. The Labute approximate surface area is 164 Å². The second-order valence-electron chi connectivity index (χ2n) is 7.43. The van der Waals surface area contributed by atoms with E-state index >= 15 is 0 Å². The van der Waals surface area contributed by atoms with Crippen molar-refractivity contribution in [2.24, 2.45) is 0 Å². The zero-order chi connectivity index (χ0) is 20.1. The molecule has 2 N–H and O–H groups in total. The number of hydrogen-bond acceptors (Lipinski definition) is 5. The van der Waals surface area contributed by atoms with Crippen LogP contribution in [-0.4, -0.2) is 48.2 Å². The molecule has 1 aromatic rings. The third-order valence-corrected chi connectivity index (χ3v) is 4.99. The van der Waals surface area contributed by atoms with Crippen LogP contribution in [0.5, 0.6) is 11.5 Å². The average molecular weight is 389 g/mol. The van der Waals surface area contributed by atoms with Gasteiger partial charge in [-0.2, -0.15) is 0 Å². The van der Waals surface area contributed by atoms with Gasteiger partial charge in [0, 0.05) is 13.0 Å². The van der Waals surface area contributed by atoms with Gasteiger partial charge in [-0.05, 0) is 31.0 Å². The van der Waals surface area contributed by atoms with E-state index in [2.05, 4.69) is 17.6 Å². The molecule has 0 aromatic heterocycles. The standard InChI is InChI=1S/C20H27N3O5/c1-3-4-5-6-9-21-17(24)12-23-18(25)20(2,22-19(23)26)11-14-7-8-15-16(10-14)28-13-27-15/h7-8,10H,3-6,9,11-13H2,1-2H3,(H,21,24)(H,22,26)/t20-/m0/s1. The zero-order valence-corrected chi connectivity index (χ0v) is 16.4. The van der Waals surface area contributed by atoms with Crippen LogP contribution in [-0.2, 0) is 16.0 Å². The zero-order valence-electron chi connectivity index (χ0n) is 16.4. The van der Waals surface area contributed by atoms with Gasteiger partial charge in [-0.1, -0.05) is 32.3 Å². The number of urea groups is 1. The highest BCUT2D eigenvalue weighted by molar-refractivity contribution is 6.08. The molecule has 0 saturated carbocycles. The van der Waals surface area contributed by atoms with E-state index in [-0.39, 0.29) is 19.2 Å². The Balaban J connectivity index is 1.57. The first-order valence-corrected chi connectivity index (χ1v) is 9.72. The summed E-state index contributed by atoms with van der Waals surface area (Å²) < 4.78 is 10.7. The van der Waals surface area contributed by atoms with E-state index in [1.165, 1.54) is 0 Å². The summed E-state index contributed by atoms with van der Waals surface area (Å²) in [6.45, 7) is 4.25. The van der Waals surface area contributed by atoms with E-state index < -0.39 is 17.5 Å². The van der Waals surface area contributed by atoms with E-state index in [4.69, 9.17) is 9.47 Å². The van der Waals surface area contributed by atoms with Crippen LogP contribution in [0.4, 0.5) is 4.79 Å². The second kappa shape index (κ2) is 8.50. The minimum Gasteiger partial charge on any atom is -0.454 e. The van der Waals surface area contributed by atoms with E-state index in [1.54, 1.807) is 19.1 Å². The van der Waals surface area contributed by atoms with Gasteiger partial charge in [0.1, 0.15) is 12.1 Å². The molecule has 8 heteroatoms. The van der Waals surface area contributed by atoms with Crippen molar-refractivity contribution in [3.05, 3.63) is 23.8 Å². The Morgan fingerprint density at radius 3 is 2.79 bits per heavy atom. The van der Waals surface area contributed by atoms with Crippen LogP contribution in [0.15, 0.2) is 18.2 Å². The lowest BCUT2D eigenvalue weighted by Crippen LogP contribution is -2.46. The number of carbonyl (C=O) groups excluding carboxylic acids is 3. The Hall–Kier alpha value is -2.77. The third kappa shape index (κ3) is 4.37. The van der Waals surface area contributed by atoms with Crippen molar-refractivity contribution in [2.45, 2.75) is 51.5 Å². The molecule has 3 rings (SSSR count). The van der Waals surface area contributed by atoms with Gasteiger partial charge < -0.3 is 20.1 Å². The normalized spacial score (nSPS) is 20.4. The highest BCUT2D eigenvalue weighted by atomic mass is 16.7. The summed E-state index contributed by atoms with van der Waals surface area (Å²) in [4.78, 5) is 38.2. The molecule has 0 spiro atoms. The smallest absolute Gasteiger partial charge is 0.325 e. The van der Waals surface area contributed by atoms with Gasteiger partial charge in [0.2, 0.25) is 12.7 Å². The Morgan fingerprint density at radius 1 is 1.21 bits per heavy atom. The number of benzene rings is 1. The SMILES string of the molecule is CCCCCCNC(=O)CN1C(=O)N[C@@](C)(Cc2ccc3c(c2)OCO3)C1=O. The summed E-state index contributed by atoms with van der Waals surface area (Å²) in [5.41, 5.74) is -0.269. The maximum atomic E-state index is 12.8. The Kier molecular flexibility index (Phi) is 6.06. The molecule has 2 aliphatic heterocycles. The highest BCUT2D eigenvalue weighted by Gasteiger charge is 2.48. The lowest BCUT2D eigenvalue weighted by Gasteiger charge is -2.21. The number of carbonyl (C=O) groups is 3. The van der Waals surface area contributed by atoms with Crippen molar-refractivity contribution >= 4 is 17.8 Å². The van der Waals surface area contributed by atoms with Crippen LogP contribution in [0.3, 0.4) is 0 Å². The number of nitrogens with one attached hydrogen (secondary N) is 2. The molecule has 152 valence electrons. The number of imide groups is 1. The fourth-order valence-electron chi connectivity index (χ4n) is 3.45. The molecule has 8 nitrogen and oxygen atoms in total. The summed E-state index contributed by atoms with van der Waals surface area (Å²) in [5, 5.41) is 5.49. The predicted octanol–water partition coefficient (Wildman–Crippen LogP) is 1.96. The Morgan fingerprint density at radius 2 is 2.00 bits per heavy atom. The molecule has 1 saturated heterocycles. The minimum absolute atomic E-state index is 0.174. The summed E-state index contributed by atoms with van der Waals surface area (Å²) >= 11 is 0. The largest absolute Gasteiger partial charge is 0.454 e. The summed E-state index contributed by atoms with van der Waals surface area (Å²) in [6.07, 6.45) is 4.48. The van der Waals surface area contributed by atoms with Crippen molar-refractivity contribution in [3.8, 4) is 11.5 Å². The molecule has 28 heavy (non-hydrogen) atoms. The lowest BCUT2D eigenvalue weighted by molar-refractivity contribution is -0.134. The monoisotopic (exact) mass is 389 g/mol. The summed E-state index contributed by atoms with van der Waals surface area (Å²) in [7, 11) is 0. The van der Waals surface area contributed by atoms with Crippen molar-refractivity contribution in [1.82, 2.24) is 15.5 Å². The topological polar surface area (TPSA) is 97.0 Å². The number of nitrogens with zero attached hydrogens (tertiary/aromatic N) is 1. The van der Waals surface area contributed by atoms with Gasteiger partial charge in [-0.25, -0.2) is 4.79 Å². The lowest BCUT2D eigenvalue weighted by atomic mass is 9.92. The van der Waals surface area contributed by atoms with Gasteiger partial charge in [-0.15, -0.1) is 0 Å². The fraction of sp³-hybridized carbons (Fsp3) is 0.550. The van der Waals surface area contributed by atoms with Gasteiger partial charge in [0.25, 0.3) is 5.91 Å². The van der Waals surface area contributed by atoms with Crippen LogP contribution in [0.25, 0.3) is 0 Å². The number of ether oxygens (including phenoxy) is 2. The molecule has 2 heterocycles. The van der Waals surface area contributed by atoms with Gasteiger partial charge in [0.15, 0.2) is 11.5 Å². The van der Waals surface area contributed by atoms with Crippen LogP contribution >= 0.6 is 0 Å². The number of unbranched alkanes of at least 4 members (excludes halogenated alkanes) is 3. The van der Waals surface area contributed by atoms with Crippen LogP contribution < -0.4 is 20.1 Å². The van der Waals surface area contributed by atoms with E-state index in [9.17, 15) is 14.4 Å². The van der Waals surface area contributed by atoms with Crippen molar-refractivity contribution in [1.29, 1.82) is 0 Å². The molecular weight excluding hydrogens is 362 g/mol. The number of fused-ring (bicyclic) bond motifs is 1. The first kappa shape index (κ1) is 20.0. The molecule has 1 fully saturated rings. The van der Waals surface area contributed by atoms with Crippen LogP contribution in [0.2, 0.25) is 0 Å². The highest BCUT2D eigenvalue weighted by Crippen LogP contribution is 2.34. The van der Waals surface area contributed by atoms with Gasteiger partial charge in [0.05, 0.1) is 0 Å². The molecule has 1 atom stereocenters. The van der Waals surface area contributed by atoms with Crippen molar-refractivity contribution < 1.29 is 23.9 Å². The first-order valence-electron chi connectivity index (χ1n) is 9.72. The number of hydrogen-bond donors (Lipinski definition) is 2. The molecule has 2 aliphatic rings. The average Bonchev–Trinajstić information content (AvgIpc) is 3.19. The first-order chi connectivity index (χ1) is 13.4. The maximum Gasteiger partial charge on any atom is 0.325 e. The molecule has 1 aromatic carbocycles. The van der Waals surface area contributed by atoms with Crippen LogP contribution in [0, 0.1) is 0 Å². The van der Waals surface area contributed by atoms with E-state index in [0.717, 1.165) is 36.1 Å². The van der Waals surface area contributed by atoms with E-state index in [0.29, 0.717) is 24.5 Å². The number of amides is 4. The van der Waals surface area contributed by atoms with Gasteiger partial charge in [-0.3, -0.25) is 14.5 Å². The molecule has 4 amide bonds. The molecule has 0 radical (unpaired) electrons. The van der Waals surface area contributed by atoms with Crippen molar-refractivity contribution in [2.75, 3.05) is 19.9 Å². The third-order valence-electron chi connectivity index (χ3n) is 4.99. The quantitative estimate of drug-likeness (QED) is 0.497. The Bertz CT molecular complexity index is 766. The maximum absolute atomic E-state index is 12.8. The second-order valence-corrected chi connectivity index (χ2v) is 7.43. The molecule has 0 aliphatic carbocycles. The van der Waals surface area contributed by atoms with Crippen LogP contribution in [0.1, 0.15) is 45.1 Å². The minimum atomic E-state index is -1.10. The molecular formula is C20H27N3O5.